The lowest BCUT2D eigenvalue weighted by atomic mass is 10.2. The van der Waals surface area contributed by atoms with Gasteiger partial charge in [0.2, 0.25) is 11.8 Å². The Bertz CT molecular complexity index is 1110. The molecule has 3 heterocycles. The van der Waals surface area contributed by atoms with Gasteiger partial charge in [-0.2, -0.15) is 0 Å². The Morgan fingerprint density at radius 2 is 1.55 bits per heavy atom. The number of rotatable bonds is 7. The predicted octanol–water partition coefficient (Wildman–Crippen LogP) is 4.31. The highest BCUT2D eigenvalue weighted by molar-refractivity contribution is 7.98. The minimum atomic E-state index is 0.361. The molecule has 0 aliphatic heterocycles. The Balaban J connectivity index is 1.46. The van der Waals surface area contributed by atoms with Gasteiger partial charge in [-0.1, -0.05) is 11.8 Å². The number of aryl methyl sites for hydroxylation is 2. The van der Waals surface area contributed by atoms with Gasteiger partial charge in [-0.05, 0) is 32.0 Å². The number of benzene rings is 1. The van der Waals surface area contributed by atoms with Gasteiger partial charge < -0.3 is 22.7 Å². The summed E-state index contributed by atoms with van der Waals surface area (Å²) in [6, 6.07) is 7.23. The molecule has 29 heavy (non-hydrogen) atoms. The summed E-state index contributed by atoms with van der Waals surface area (Å²) in [6.07, 6.45) is 0. The fourth-order valence-corrected chi connectivity index (χ4v) is 3.30. The van der Waals surface area contributed by atoms with Crippen LogP contribution in [0.1, 0.15) is 17.4 Å². The maximum Gasteiger partial charge on any atom is 0.277 e. The van der Waals surface area contributed by atoms with Gasteiger partial charge in [0.1, 0.15) is 23.0 Å². The number of ether oxygens (including phenoxy) is 2. The minimum Gasteiger partial charge on any atom is -0.497 e. The van der Waals surface area contributed by atoms with Gasteiger partial charge in [-0.25, -0.2) is 0 Å². The summed E-state index contributed by atoms with van der Waals surface area (Å²) in [7, 11) is 3.16. The molecular formula is C19H18N4O5S. The van der Waals surface area contributed by atoms with Gasteiger partial charge >= 0.3 is 0 Å². The average molecular weight is 414 g/mol. The zero-order chi connectivity index (χ0) is 20.4. The summed E-state index contributed by atoms with van der Waals surface area (Å²) in [5.41, 5.74) is 1.49. The fraction of sp³-hybridized carbons (Fsp3) is 0.263. The maximum absolute atomic E-state index is 5.73. The molecule has 0 saturated heterocycles. The third kappa shape index (κ3) is 4.11. The van der Waals surface area contributed by atoms with Crippen LogP contribution >= 0.6 is 11.8 Å². The van der Waals surface area contributed by atoms with Crippen LogP contribution < -0.4 is 9.47 Å². The Morgan fingerprint density at radius 3 is 2.21 bits per heavy atom. The van der Waals surface area contributed by atoms with Gasteiger partial charge in [-0.3, -0.25) is 0 Å². The van der Waals surface area contributed by atoms with E-state index in [2.05, 4.69) is 20.4 Å². The Hall–Kier alpha value is -3.27. The van der Waals surface area contributed by atoms with Crippen molar-refractivity contribution < 1.29 is 22.7 Å². The number of nitrogens with zero attached hydrogens (tertiary/aromatic N) is 4. The van der Waals surface area contributed by atoms with E-state index in [1.807, 2.05) is 19.9 Å². The van der Waals surface area contributed by atoms with Crippen molar-refractivity contribution in [2.45, 2.75) is 24.8 Å². The van der Waals surface area contributed by atoms with Gasteiger partial charge in [0.15, 0.2) is 0 Å². The lowest BCUT2D eigenvalue weighted by Crippen LogP contribution is -1.88. The maximum atomic E-state index is 5.73. The highest BCUT2D eigenvalue weighted by Gasteiger charge is 2.16. The number of hydrogen-bond donors (Lipinski definition) is 0. The first-order chi connectivity index (χ1) is 14.1. The van der Waals surface area contributed by atoms with Crippen LogP contribution in [-0.4, -0.2) is 34.6 Å². The molecule has 0 fully saturated rings. The number of furan rings is 1. The van der Waals surface area contributed by atoms with Crippen molar-refractivity contribution in [2.24, 2.45) is 0 Å². The number of methoxy groups -OCH3 is 2. The molecule has 0 radical (unpaired) electrons. The zero-order valence-electron chi connectivity index (χ0n) is 16.3. The topological polar surface area (TPSA) is 109 Å². The van der Waals surface area contributed by atoms with Crippen LogP contribution in [0.15, 0.2) is 42.7 Å². The van der Waals surface area contributed by atoms with Crippen LogP contribution in [-0.2, 0) is 5.75 Å². The fourth-order valence-electron chi connectivity index (χ4n) is 2.70. The molecule has 9 nitrogen and oxygen atoms in total. The lowest BCUT2D eigenvalue weighted by Gasteiger charge is -2.05. The number of aromatic nitrogens is 4. The molecule has 0 atom stereocenters. The smallest absolute Gasteiger partial charge is 0.277 e. The highest BCUT2D eigenvalue weighted by atomic mass is 32.2. The Labute approximate surface area is 170 Å². The summed E-state index contributed by atoms with van der Waals surface area (Å²) in [5.74, 6) is 4.42. The van der Waals surface area contributed by atoms with Crippen molar-refractivity contribution >= 4 is 11.8 Å². The van der Waals surface area contributed by atoms with Gasteiger partial charge in [0.25, 0.3) is 11.1 Å². The van der Waals surface area contributed by atoms with E-state index in [4.69, 9.17) is 22.7 Å². The first-order valence-corrected chi connectivity index (χ1v) is 9.64. The summed E-state index contributed by atoms with van der Waals surface area (Å²) in [6.45, 7) is 3.73. The molecule has 0 saturated carbocycles. The van der Waals surface area contributed by atoms with Crippen molar-refractivity contribution in [3.8, 4) is 34.4 Å². The van der Waals surface area contributed by atoms with Crippen molar-refractivity contribution in [3.63, 3.8) is 0 Å². The molecule has 0 N–H and O–H groups in total. The molecule has 10 heteroatoms. The van der Waals surface area contributed by atoms with Crippen molar-refractivity contribution in [1.82, 2.24) is 20.4 Å². The van der Waals surface area contributed by atoms with E-state index < -0.39 is 0 Å². The second-order valence-electron chi connectivity index (χ2n) is 6.09. The van der Waals surface area contributed by atoms with Crippen molar-refractivity contribution in [1.29, 1.82) is 0 Å². The molecule has 4 aromatic rings. The number of thioether (sulfide) groups is 1. The van der Waals surface area contributed by atoms with E-state index in [-0.39, 0.29) is 0 Å². The van der Waals surface area contributed by atoms with E-state index >= 15 is 0 Å². The molecule has 0 bridgehead atoms. The third-order valence-electron chi connectivity index (χ3n) is 4.06. The SMILES string of the molecule is COc1cc(OC)cc(-c2nnc(SCc3nnc(-c4cc(C)oc4C)o3)o2)c1. The van der Waals surface area contributed by atoms with Gasteiger partial charge in [-0.15, -0.1) is 20.4 Å². The van der Waals surface area contributed by atoms with Crippen molar-refractivity contribution in [3.05, 3.63) is 41.7 Å². The van der Waals surface area contributed by atoms with Crippen molar-refractivity contribution in [2.75, 3.05) is 14.2 Å². The molecule has 0 amide bonds. The third-order valence-corrected chi connectivity index (χ3v) is 4.87. The van der Waals surface area contributed by atoms with Crippen LogP contribution in [0.5, 0.6) is 11.5 Å². The molecule has 150 valence electrons. The first kappa shape index (κ1) is 19.1. The zero-order valence-corrected chi connectivity index (χ0v) is 17.1. The predicted molar refractivity (Wildman–Crippen MR) is 104 cm³/mol. The second kappa shape index (κ2) is 8.00. The minimum absolute atomic E-state index is 0.361. The van der Waals surface area contributed by atoms with Gasteiger partial charge in [0, 0.05) is 11.6 Å². The molecule has 4 rings (SSSR count). The van der Waals surface area contributed by atoms with Crippen LogP contribution in [0, 0.1) is 13.8 Å². The van der Waals surface area contributed by atoms with Crippen LogP contribution in [0.3, 0.4) is 0 Å². The van der Waals surface area contributed by atoms with E-state index in [9.17, 15) is 0 Å². The number of hydrogen-bond acceptors (Lipinski definition) is 10. The lowest BCUT2D eigenvalue weighted by molar-refractivity contribution is 0.394. The molecule has 1 aromatic carbocycles. The molecule has 3 aromatic heterocycles. The first-order valence-electron chi connectivity index (χ1n) is 8.65. The molecular weight excluding hydrogens is 396 g/mol. The van der Waals surface area contributed by atoms with Crippen LogP contribution in [0.2, 0.25) is 0 Å². The van der Waals surface area contributed by atoms with Crippen LogP contribution in [0.4, 0.5) is 0 Å². The molecule has 0 aliphatic rings. The summed E-state index contributed by atoms with van der Waals surface area (Å²) >= 11 is 1.30. The normalized spacial score (nSPS) is 11.0. The Morgan fingerprint density at radius 1 is 0.828 bits per heavy atom. The molecule has 0 aliphatic carbocycles. The average Bonchev–Trinajstić information content (AvgIpc) is 3.45. The van der Waals surface area contributed by atoms with E-state index in [1.54, 1.807) is 32.4 Å². The Kier molecular flexibility index (Phi) is 5.26. The van der Waals surface area contributed by atoms with Crippen LogP contribution in [0.25, 0.3) is 22.9 Å². The monoisotopic (exact) mass is 414 g/mol. The standard InChI is InChI=1S/C19H18N4O5S/c1-10-5-15(11(2)26-10)18-22-20-16(27-18)9-29-19-23-21-17(28-19)12-6-13(24-3)8-14(7-12)25-4/h5-8H,9H2,1-4H3. The largest absolute Gasteiger partial charge is 0.497 e. The highest BCUT2D eigenvalue weighted by Crippen LogP contribution is 2.32. The van der Waals surface area contributed by atoms with Gasteiger partial charge in [0.05, 0.1) is 25.5 Å². The summed E-state index contributed by atoms with van der Waals surface area (Å²) < 4.78 is 27.5. The van der Waals surface area contributed by atoms with E-state index in [1.165, 1.54) is 11.8 Å². The van der Waals surface area contributed by atoms with E-state index in [0.717, 1.165) is 17.1 Å². The quantitative estimate of drug-likeness (QED) is 0.406. The summed E-state index contributed by atoms with van der Waals surface area (Å²) in [4.78, 5) is 0. The summed E-state index contributed by atoms with van der Waals surface area (Å²) in [5, 5.41) is 16.7. The van der Waals surface area contributed by atoms with E-state index in [0.29, 0.717) is 45.7 Å². The molecule has 0 spiro atoms. The second-order valence-corrected chi connectivity index (χ2v) is 7.02. The molecule has 0 unspecified atom stereocenters.